The van der Waals surface area contributed by atoms with Crippen LogP contribution in [-0.4, -0.2) is 28.1 Å². The number of anilines is 1. The molecular formula is C24H24N2O5S. The molecule has 1 atom stereocenters. The topological polar surface area (TPSA) is 104 Å². The van der Waals surface area contributed by atoms with E-state index < -0.39 is 11.2 Å². The van der Waals surface area contributed by atoms with Gasteiger partial charge in [-0.25, -0.2) is 4.79 Å². The Bertz CT molecular complexity index is 1050. The van der Waals surface area contributed by atoms with Crippen molar-refractivity contribution >= 4 is 40.5 Å². The standard InChI is InChI=1S/C24H24N2O5S/c27-21-20(32-24(31)25-21)16-11-9-15(10-12-16)14-26(22(28)17-5-2-1-3-6-17)19-8-4-7-18(13-19)23(29)30/h4,7-13,17,20H,1-3,5-6,14H2,(H,29,30)(H,25,27,31). The van der Waals surface area contributed by atoms with E-state index in [4.69, 9.17) is 0 Å². The maximum Gasteiger partial charge on any atom is 0.335 e. The van der Waals surface area contributed by atoms with Crippen LogP contribution in [0.15, 0.2) is 48.5 Å². The normalized spacial score (nSPS) is 18.9. The third kappa shape index (κ3) is 4.85. The predicted molar refractivity (Wildman–Crippen MR) is 121 cm³/mol. The molecule has 1 saturated carbocycles. The van der Waals surface area contributed by atoms with Gasteiger partial charge in [-0.05, 0) is 53.9 Å². The number of thioether (sulfide) groups is 1. The number of carbonyl (C=O) groups excluding carboxylic acids is 3. The number of hydrogen-bond acceptors (Lipinski definition) is 5. The number of rotatable bonds is 6. The Morgan fingerprint density at radius 2 is 1.75 bits per heavy atom. The van der Waals surface area contributed by atoms with Crippen LogP contribution in [0.3, 0.4) is 0 Å². The van der Waals surface area contributed by atoms with E-state index in [9.17, 15) is 24.3 Å². The van der Waals surface area contributed by atoms with Gasteiger partial charge in [0.05, 0.1) is 12.1 Å². The first-order chi connectivity index (χ1) is 15.4. The highest BCUT2D eigenvalue weighted by molar-refractivity contribution is 8.15. The first-order valence-corrected chi connectivity index (χ1v) is 11.6. The first-order valence-electron chi connectivity index (χ1n) is 10.7. The van der Waals surface area contributed by atoms with E-state index in [1.54, 1.807) is 29.2 Å². The number of hydrogen-bond donors (Lipinski definition) is 2. The molecule has 1 saturated heterocycles. The van der Waals surface area contributed by atoms with E-state index in [1.165, 1.54) is 12.1 Å². The smallest absolute Gasteiger partial charge is 0.335 e. The minimum absolute atomic E-state index is 0.00707. The molecule has 2 aliphatic rings. The Morgan fingerprint density at radius 3 is 2.38 bits per heavy atom. The summed E-state index contributed by atoms with van der Waals surface area (Å²) in [5.41, 5.74) is 2.27. The average Bonchev–Trinajstić information content (AvgIpc) is 3.16. The summed E-state index contributed by atoms with van der Waals surface area (Å²) in [6, 6.07) is 13.7. The quantitative estimate of drug-likeness (QED) is 0.668. The zero-order chi connectivity index (χ0) is 22.7. The van der Waals surface area contributed by atoms with E-state index >= 15 is 0 Å². The molecule has 7 nitrogen and oxygen atoms in total. The van der Waals surface area contributed by atoms with Gasteiger partial charge in [-0.3, -0.25) is 19.7 Å². The van der Waals surface area contributed by atoms with E-state index in [0.29, 0.717) is 12.2 Å². The van der Waals surface area contributed by atoms with Crippen LogP contribution in [-0.2, 0) is 16.1 Å². The zero-order valence-electron chi connectivity index (χ0n) is 17.5. The third-order valence-corrected chi connectivity index (χ3v) is 6.97. The molecule has 8 heteroatoms. The number of imide groups is 1. The average molecular weight is 453 g/mol. The number of nitrogens with one attached hydrogen (secondary N) is 1. The molecule has 0 radical (unpaired) electrons. The Balaban J connectivity index is 1.59. The molecule has 2 aromatic rings. The molecule has 1 aliphatic carbocycles. The molecule has 2 aromatic carbocycles. The number of amides is 3. The fourth-order valence-corrected chi connectivity index (χ4v) is 5.06. The van der Waals surface area contributed by atoms with Gasteiger partial charge in [-0.2, -0.15) is 0 Å². The molecule has 1 aliphatic heterocycles. The van der Waals surface area contributed by atoms with Crippen LogP contribution in [0.2, 0.25) is 0 Å². The van der Waals surface area contributed by atoms with Gasteiger partial charge < -0.3 is 10.0 Å². The summed E-state index contributed by atoms with van der Waals surface area (Å²) in [6.45, 7) is 0.293. The SMILES string of the molecule is O=C1NC(=O)C(c2ccc(CN(C(=O)C3CCCCC3)c3cccc(C(=O)O)c3)cc2)S1. The van der Waals surface area contributed by atoms with Gasteiger partial charge in [0.2, 0.25) is 11.8 Å². The highest BCUT2D eigenvalue weighted by atomic mass is 32.2. The lowest BCUT2D eigenvalue weighted by atomic mass is 9.88. The fourth-order valence-electron chi connectivity index (χ4n) is 4.23. The van der Waals surface area contributed by atoms with E-state index in [2.05, 4.69) is 5.32 Å². The van der Waals surface area contributed by atoms with Crippen molar-refractivity contribution in [2.45, 2.75) is 43.9 Å². The fraction of sp³-hybridized carbons (Fsp3) is 0.333. The molecule has 2 fully saturated rings. The molecule has 0 bridgehead atoms. The van der Waals surface area contributed by atoms with Gasteiger partial charge in [-0.1, -0.05) is 49.6 Å². The van der Waals surface area contributed by atoms with Crippen molar-refractivity contribution in [3.05, 3.63) is 65.2 Å². The number of carbonyl (C=O) groups is 4. The van der Waals surface area contributed by atoms with Crippen molar-refractivity contribution in [1.82, 2.24) is 5.32 Å². The number of carboxylic acid groups (broad SMARTS) is 1. The lowest BCUT2D eigenvalue weighted by Crippen LogP contribution is -2.36. The van der Waals surface area contributed by atoms with Crippen LogP contribution in [0.1, 0.15) is 58.8 Å². The van der Waals surface area contributed by atoms with Crippen LogP contribution in [0, 0.1) is 5.92 Å². The molecule has 2 N–H and O–H groups in total. The van der Waals surface area contributed by atoms with Crippen molar-refractivity contribution in [3.8, 4) is 0 Å². The Morgan fingerprint density at radius 1 is 1.03 bits per heavy atom. The van der Waals surface area contributed by atoms with Crippen LogP contribution >= 0.6 is 11.8 Å². The minimum Gasteiger partial charge on any atom is -0.478 e. The maximum absolute atomic E-state index is 13.4. The molecule has 4 rings (SSSR count). The number of carboxylic acids is 1. The van der Waals surface area contributed by atoms with Crippen molar-refractivity contribution in [1.29, 1.82) is 0 Å². The summed E-state index contributed by atoms with van der Waals surface area (Å²) in [4.78, 5) is 49.9. The molecule has 1 heterocycles. The molecular weight excluding hydrogens is 428 g/mol. The lowest BCUT2D eigenvalue weighted by molar-refractivity contribution is -0.123. The highest BCUT2D eigenvalue weighted by Crippen LogP contribution is 2.34. The van der Waals surface area contributed by atoms with Crippen LogP contribution in [0.5, 0.6) is 0 Å². The predicted octanol–water partition coefficient (Wildman–Crippen LogP) is 4.52. The minimum atomic E-state index is -1.04. The zero-order valence-corrected chi connectivity index (χ0v) is 18.3. The van der Waals surface area contributed by atoms with E-state index in [-0.39, 0.29) is 28.5 Å². The first kappa shape index (κ1) is 22.1. The molecule has 1 unspecified atom stereocenters. The van der Waals surface area contributed by atoms with E-state index in [1.807, 2.05) is 12.1 Å². The molecule has 0 spiro atoms. The Kier molecular flexibility index (Phi) is 6.60. The summed E-state index contributed by atoms with van der Waals surface area (Å²) in [5, 5.41) is 10.7. The molecule has 3 amide bonds. The third-order valence-electron chi connectivity index (χ3n) is 5.94. The second-order valence-electron chi connectivity index (χ2n) is 8.13. The van der Waals surface area contributed by atoms with Gasteiger partial charge in [-0.15, -0.1) is 0 Å². The van der Waals surface area contributed by atoms with Crippen molar-refractivity contribution in [2.75, 3.05) is 4.90 Å². The van der Waals surface area contributed by atoms with Gasteiger partial charge in [0.25, 0.3) is 5.24 Å². The van der Waals surface area contributed by atoms with Gasteiger partial charge in [0.15, 0.2) is 0 Å². The van der Waals surface area contributed by atoms with Crippen molar-refractivity contribution in [3.63, 3.8) is 0 Å². The summed E-state index contributed by atoms with van der Waals surface area (Å²) in [6.07, 6.45) is 4.86. The van der Waals surface area contributed by atoms with Crippen LogP contribution in [0.4, 0.5) is 10.5 Å². The van der Waals surface area contributed by atoms with Gasteiger partial charge in [0.1, 0.15) is 5.25 Å². The molecule has 32 heavy (non-hydrogen) atoms. The van der Waals surface area contributed by atoms with E-state index in [0.717, 1.165) is 55.0 Å². The van der Waals surface area contributed by atoms with Gasteiger partial charge in [0, 0.05) is 11.6 Å². The second kappa shape index (κ2) is 9.56. The number of nitrogens with zero attached hydrogens (tertiary/aromatic N) is 1. The Hall–Kier alpha value is -3.13. The number of benzene rings is 2. The summed E-state index contributed by atoms with van der Waals surface area (Å²) in [7, 11) is 0. The van der Waals surface area contributed by atoms with Crippen LogP contribution < -0.4 is 10.2 Å². The summed E-state index contributed by atoms with van der Waals surface area (Å²) in [5.74, 6) is -1.43. The molecule has 166 valence electrons. The highest BCUT2D eigenvalue weighted by Gasteiger charge is 2.33. The Labute approximate surface area is 190 Å². The maximum atomic E-state index is 13.4. The lowest BCUT2D eigenvalue weighted by Gasteiger charge is -2.30. The largest absolute Gasteiger partial charge is 0.478 e. The summed E-state index contributed by atoms with van der Waals surface area (Å²) >= 11 is 0.952. The van der Waals surface area contributed by atoms with Crippen molar-refractivity contribution < 1.29 is 24.3 Å². The second-order valence-corrected chi connectivity index (χ2v) is 9.21. The van der Waals surface area contributed by atoms with Crippen molar-refractivity contribution in [2.24, 2.45) is 5.92 Å². The monoisotopic (exact) mass is 452 g/mol. The number of aromatic carboxylic acids is 1. The molecule has 0 aromatic heterocycles. The van der Waals surface area contributed by atoms with Crippen LogP contribution in [0.25, 0.3) is 0 Å². The summed E-state index contributed by atoms with van der Waals surface area (Å²) < 4.78 is 0. The van der Waals surface area contributed by atoms with Gasteiger partial charge >= 0.3 is 5.97 Å².